The van der Waals surface area contributed by atoms with Crippen LogP contribution in [0.3, 0.4) is 0 Å². The average molecular weight is 288 g/mol. The van der Waals surface area contributed by atoms with Crippen LogP contribution in [0.1, 0.15) is 4.88 Å². The van der Waals surface area contributed by atoms with E-state index in [1.165, 1.54) is 11.4 Å². The van der Waals surface area contributed by atoms with Crippen LogP contribution in [0.4, 0.5) is 13.2 Å². The van der Waals surface area contributed by atoms with Gasteiger partial charge in [0.1, 0.15) is 6.54 Å². The molecule has 0 atom stereocenters. The molecule has 9 heteroatoms. The Labute approximate surface area is 101 Å². The Balaban J connectivity index is 3.04. The lowest BCUT2D eigenvalue weighted by atomic mass is 10.5. The van der Waals surface area contributed by atoms with E-state index in [4.69, 9.17) is 5.73 Å². The van der Waals surface area contributed by atoms with E-state index in [2.05, 4.69) is 0 Å². The summed E-state index contributed by atoms with van der Waals surface area (Å²) in [7, 11) is -3.24. The summed E-state index contributed by atoms with van der Waals surface area (Å²) < 4.78 is 60.3. The highest BCUT2D eigenvalue weighted by Crippen LogP contribution is 2.26. The first kappa shape index (κ1) is 14.4. The van der Waals surface area contributed by atoms with Crippen molar-refractivity contribution in [2.24, 2.45) is 5.73 Å². The van der Waals surface area contributed by atoms with Crippen LogP contribution in [0, 0.1) is 0 Å². The van der Waals surface area contributed by atoms with Crippen molar-refractivity contribution in [1.29, 1.82) is 0 Å². The first-order valence-electron chi connectivity index (χ1n) is 4.48. The van der Waals surface area contributed by atoms with Gasteiger partial charge in [0.2, 0.25) is 10.0 Å². The molecule has 0 fully saturated rings. The van der Waals surface area contributed by atoms with Gasteiger partial charge in [0.15, 0.2) is 0 Å². The zero-order valence-corrected chi connectivity index (χ0v) is 10.5. The van der Waals surface area contributed by atoms with Crippen molar-refractivity contribution in [3.8, 4) is 0 Å². The molecule has 1 aromatic heterocycles. The summed E-state index contributed by atoms with van der Waals surface area (Å²) in [6.45, 7) is -1.54. The van der Waals surface area contributed by atoms with Gasteiger partial charge in [0, 0.05) is 18.5 Å². The molecule has 0 aliphatic heterocycles. The van der Waals surface area contributed by atoms with Crippen molar-refractivity contribution >= 4 is 21.4 Å². The number of rotatable bonds is 4. The number of hydrogen-bond donors (Lipinski definition) is 1. The number of nitrogens with two attached hydrogens (primary N) is 1. The predicted octanol–water partition coefficient (Wildman–Crippen LogP) is 1.39. The Morgan fingerprint density at radius 2 is 2.06 bits per heavy atom. The maximum absolute atomic E-state index is 12.1. The van der Waals surface area contributed by atoms with Crippen LogP contribution in [0.25, 0.3) is 0 Å². The van der Waals surface area contributed by atoms with Gasteiger partial charge in [-0.1, -0.05) is 0 Å². The second-order valence-electron chi connectivity index (χ2n) is 3.29. The van der Waals surface area contributed by atoms with E-state index in [0.717, 1.165) is 18.4 Å². The number of hydrogen-bond acceptors (Lipinski definition) is 4. The smallest absolute Gasteiger partial charge is 0.326 e. The highest BCUT2D eigenvalue weighted by Gasteiger charge is 2.35. The summed E-state index contributed by atoms with van der Waals surface area (Å²) in [5.74, 6) is 0. The van der Waals surface area contributed by atoms with Crippen molar-refractivity contribution in [3.05, 3.63) is 16.3 Å². The Morgan fingerprint density at radius 3 is 2.53 bits per heavy atom. The maximum atomic E-state index is 12.1. The minimum absolute atomic E-state index is 0.0217. The van der Waals surface area contributed by atoms with E-state index in [-0.39, 0.29) is 15.7 Å². The maximum Gasteiger partial charge on any atom is 0.402 e. The molecule has 4 nitrogen and oxygen atoms in total. The van der Waals surface area contributed by atoms with Gasteiger partial charge in [-0.05, 0) is 11.4 Å². The van der Waals surface area contributed by atoms with E-state index in [9.17, 15) is 21.6 Å². The van der Waals surface area contributed by atoms with E-state index >= 15 is 0 Å². The summed E-state index contributed by atoms with van der Waals surface area (Å²) in [5.41, 5.74) is 5.32. The monoisotopic (exact) mass is 288 g/mol. The van der Waals surface area contributed by atoms with E-state index in [1.807, 2.05) is 0 Å². The number of sulfonamides is 1. The first-order chi connectivity index (χ1) is 7.68. The molecule has 1 rings (SSSR count). The minimum Gasteiger partial charge on any atom is -0.326 e. The molecule has 2 N–H and O–H groups in total. The van der Waals surface area contributed by atoms with Gasteiger partial charge in [0.25, 0.3) is 0 Å². The van der Waals surface area contributed by atoms with Gasteiger partial charge in [-0.25, -0.2) is 8.42 Å². The third-order valence-corrected chi connectivity index (χ3v) is 4.94. The zero-order valence-electron chi connectivity index (χ0n) is 8.86. The van der Waals surface area contributed by atoms with Gasteiger partial charge in [-0.2, -0.15) is 17.5 Å². The first-order valence-corrected chi connectivity index (χ1v) is 6.80. The highest BCUT2D eigenvalue weighted by molar-refractivity contribution is 7.89. The van der Waals surface area contributed by atoms with Crippen molar-refractivity contribution in [3.63, 3.8) is 0 Å². The molecule has 0 aliphatic carbocycles. The molecular formula is C8H11F3N2O2S2. The Hall–Kier alpha value is -0.640. The van der Waals surface area contributed by atoms with Gasteiger partial charge in [0.05, 0.1) is 4.90 Å². The molecule has 0 saturated carbocycles. The van der Waals surface area contributed by atoms with Crippen molar-refractivity contribution in [1.82, 2.24) is 4.31 Å². The summed E-state index contributed by atoms with van der Waals surface area (Å²) in [6.07, 6.45) is -4.57. The van der Waals surface area contributed by atoms with Crippen LogP contribution < -0.4 is 5.73 Å². The standard InChI is InChI=1S/C8H11F3N2O2S2/c1-13(5-8(9,10)11)17(14,15)7-2-3-16-6(7)4-12/h2-3H,4-5,12H2,1H3. The number of alkyl halides is 3. The van der Waals surface area contributed by atoms with Crippen LogP contribution >= 0.6 is 11.3 Å². The van der Waals surface area contributed by atoms with Crippen LogP contribution in [-0.2, 0) is 16.6 Å². The third-order valence-electron chi connectivity index (χ3n) is 1.98. The number of halogens is 3. The fraction of sp³-hybridized carbons (Fsp3) is 0.500. The molecular weight excluding hydrogens is 277 g/mol. The molecule has 0 aliphatic rings. The van der Waals surface area contributed by atoms with Crippen molar-refractivity contribution in [2.75, 3.05) is 13.6 Å². The molecule has 0 saturated heterocycles. The molecule has 1 aromatic rings. The van der Waals surface area contributed by atoms with Crippen LogP contribution in [-0.4, -0.2) is 32.5 Å². The SMILES string of the molecule is CN(CC(F)(F)F)S(=O)(=O)c1ccsc1CN. The van der Waals surface area contributed by atoms with Crippen LogP contribution in [0.5, 0.6) is 0 Å². The molecule has 0 spiro atoms. The van der Waals surface area contributed by atoms with E-state index < -0.39 is 22.7 Å². The molecule has 0 amide bonds. The molecule has 98 valence electrons. The lowest BCUT2D eigenvalue weighted by Gasteiger charge is -2.18. The second-order valence-corrected chi connectivity index (χ2v) is 6.30. The number of thiophene rings is 1. The number of nitrogens with zero attached hydrogens (tertiary/aromatic N) is 1. The molecule has 0 radical (unpaired) electrons. The Bertz CT molecular complexity index is 481. The fourth-order valence-electron chi connectivity index (χ4n) is 1.21. The minimum atomic E-state index is -4.57. The van der Waals surface area contributed by atoms with Gasteiger partial charge in [-0.3, -0.25) is 0 Å². The molecule has 0 unspecified atom stereocenters. The summed E-state index contributed by atoms with van der Waals surface area (Å²) in [6, 6.07) is 1.26. The average Bonchev–Trinajstić information content (AvgIpc) is 2.62. The Kier molecular flexibility index (Phi) is 4.18. The topological polar surface area (TPSA) is 63.4 Å². The van der Waals surface area contributed by atoms with E-state index in [1.54, 1.807) is 0 Å². The molecule has 0 aromatic carbocycles. The Morgan fingerprint density at radius 1 is 1.47 bits per heavy atom. The third kappa shape index (κ3) is 3.41. The normalized spacial score (nSPS) is 13.3. The van der Waals surface area contributed by atoms with Gasteiger partial charge >= 0.3 is 6.18 Å². The molecule has 17 heavy (non-hydrogen) atoms. The largest absolute Gasteiger partial charge is 0.402 e. The van der Waals surface area contributed by atoms with Gasteiger partial charge in [-0.15, -0.1) is 11.3 Å². The zero-order chi connectivity index (χ0) is 13.3. The fourth-order valence-corrected chi connectivity index (χ4v) is 3.67. The highest BCUT2D eigenvalue weighted by atomic mass is 32.2. The lowest BCUT2D eigenvalue weighted by molar-refractivity contribution is -0.134. The summed E-state index contributed by atoms with van der Waals surface area (Å²) in [5, 5.41) is 1.48. The molecule has 0 bridgehead atoms. The second kappa shape index (κ2) is 4.92. The van der Waals surface area contributed by atoms with Gasteiger partial charge < -0.3 is 5.73 Å². The quantitative estimate of drug-likeness (QED) is 0.910. The van der Waals surface area contributed by atoms with E-state index in [0.29, 0.717) is 4.88 Å². The predicted molar refractivity (Wildman–Crippen MR) is 58.1 cm³/mol. The molecule has 1 heterocycles. The van der Waals surface area contributed by atoms with Crippen LogP contribution in [0.2, 0.25) is 0 Å². The summed E-state index contributed by atoms with van der Waals surface area (Å²) in [4.78, 5) is 0.191. The lowest BCUT2D eigenvalue weighted by Crippen LogP contribution is -2.36. The van der Waals surface area contributed by atoms with Crippen molar-refractivity contribution in [2.45, 2.75) is 17.6 Å². The van der Waals surface area contributed by atoms with Crippen LogP contribution in [0.15, 0.2) is 16.3 Å². The summed E-state index contributed by atoms with van der Waals surface area (Å²) >= 11 is 1.10. The van der Waals surface area contributed by atoms with Crippen molar-refractivity contribution < 1.29 is 21.6 Å².